The van der Waals surface area contributed by atoms with E-state index in [4.69, 9.17) is 0 Å². The first-order valence-electron chi connectivity index (χ1n) is 2.99. The monoisotopic (exact) mass is 146 g/mol. The molecule has 0 spiro atoms. The molecule has 2 aromatic rings. The number of hydrogen-bond acceptors (Lipinski definition) is 0. The number of aromatic nitrogens is 2. The van der Waals surface area contributed by atoms with Crippen LogP contribution in [0.3, 0.4) is 0 Å². The summed E-state index contributed by atoms with van der Waals surface area (Å²) in [5.41, 5.74) is 0. The van der Waals surface area contributed by atoms with Gasteiger partial charge in [0.15, 0.2) is 0 Å². The average Bonchev–Trinajstić information content (AvgIpc) is 2.67. The van der Waals surface area contributed by atoms with Crippen molar-refractivity contribution in [2.45, 2.75) is 0 Å². The summed E-state index contributed by atoms with van der Waals surface area (Å²) in [4.78, 5) is 5.47. The van der Waals surface area contributed by atoms with Gasteiger partial charge in [0.25, 0.3) is 0 Å². The van der Waals surface area contributed by atoms with Gasteiger partial charge in [-0.25, -0.2) is 0 Å². The van der Waals surface area contributed by atoms with Crippen molar-refractivity contribution in [3.8, 4) is 0 Å². The van der Waals surface area contributed by atoms with Crippen LogP contribution in [0.15, 0.2) is 36.7 Å². The van der Waals surface area contributed by atoms with E-state index >= 15 is 0 Å². The molecular formula is C8H8Li2N2. The second-order valence-corrected chi connectivity index (χ2v) is 1.63. The van der Waals surface area contributed by atoms with Crippen molar-refractivity contribution in [2.24, 2.45) is 0 Å². The Morgan fingerprint density at radius 2 is 1.17 bits per heavy atom. The summed E-state index contributed by atoms with van der Waals surface area (Å²) in [6.45, 7) is 0. The fourth-order valence-corrected chi connectivity index (χ4v) is 0.481. The van der Waals surface area contributed by atoms with Crippen molar-refractivity contribution in [3.63, 3.8) is 0 Å². The normalized spacial score (nSPS) is 6.67. The first-order chi connectivity index (χ1) is 5.00. The maximum absolute atomic E-state index is 2.74. The van der Waals surface area contributed by atoms with Gasteiger partial charge in [-0.15, -0.1) is 12.4 Å². The van der Waals surface area contributed by atoms with Crippen LogP contribution in [0.4, 0.5) is 0 Å². The van der Waals surface area contributed by atoms with Gasteiger partial charge in [-0.2, -0.15) is 36.7 Å². The molecule has 0 aliphatic heterocycles. The summed E-state index contributed by atoms with van der Waals surface area (Å²) in [7, 11) is 0. The fraction of sp³-hybridized carbons (Fsp3) is 0. The molecule has 0 aliphatic rings. The Hall–Kier alpha value is -0.245. The quantitative estimate of drug-likeness (QED) is 0.278. The van der Waals surface area contributed by atoms with E-state index < -0.39 is 0 Å². The molecule has 2 rings (SSSR count). The predicted octanol–water partition coefficient (Wildman–Crippen LogP) is -4.36. The fourth-order valence-electron chi connectivity index (χ4n) is 0.481. The molecule has 0 saturated carbocycles. The van der Waals surface area contributed by atoms with E-state index in [0.29, 0.717) is 0 Å². The van der Waals surface area contributed by atoms with Crippen LogP contribution in [0.5, 0.6) is 0 Å². The summed E-state index contributed by atoms with van der Waals surface area (Å²) in [6.07, 6.45) is 9.11. The van der Waals surface area contributed by atoms with E-state index in [-0.39, 0.29) is 37.7 Å². The summed E-state index contributed by atoms with van der Waals surface area (Å²) in [6, 6.07) is 7.42. The van der Waals surface area contributed by atoms with Gasteiger partial charge < -0.3 is 9.97 Å². The van der Waals surface area contributed by atoms with E-state index in [1.54, 1.807) is 0 Å². The molecule has 0 atom stereocenters. The molecule has 12 heavy (non-hydrogen) atoms. The number of nitrogens with one attached hydrogen (secondary N) is 2. The SMILES string of the molecule is [Li+].[Li+].[c-]1ccc[nH]1.[c-]1ccc[nH]1. The first-order valence-corrected chi connectivity index (χ1v) is 2.99. The Morgan fingerprint density at radius 1 is 0.750 bits per heavy atom. The van der Waals surface area contributed by atoms with Crippen LogP contribution in [-0.2, 0) is 0 Å². The summed E-state index contributed by atoms with van der Waals surface area (Å²) in [5.74, 6) is 0. The van der Waals surface area contributed by atoms with E-state index in [1.807, 2.05) is 36.7 Å². The Morgan fingerprint density at radius 3 is 1.25 bits per heavy atom. The number of hydrogen-bond donors (Lipinski definition) is 2. The van der Waals surface area contributed by atoms with Gasteiger partial charge in [0.2, 0.25) is 0 Å². The topological polar surface area (TPSA) is 31.6 Å². The third kappa shape index (κ3) is 7.86. The number of H-pyrrole nitrogens is 2. The van der Waals surface area contributed by atoms with Crippen LogP contribution in [-0.4, -0.2) is 9.97 Å². The van der Waals surface area contributed by atoms with Crippen LogP contribution in [0.25, 0.3) is 0 Å². The molecule has 0 bridgehead atoms. The molecule has 0 aliphatic carbocycles. The number of rotatable bonds is 0. The predicted molar refractivity (Wildman–Crippen MR) is 39.3 cm³/mol. The maximum Gasteiger partial charge on any atom is 1.00 e. The largest absolute Gasteiger partial charge is 1.00 e. The molecule has 2 nitrogen and oxygen atoms in total. The van der Waals surface area contributed by atoms with Crippen molar-refractivity contribution < 1.29 is 37.7 Å². The second kappa shape index (κ2) is 10.8. The van der Waals surface area contributed by atoms with Crippen molar-refractivity contribution in [2.75, 3.05) is 0 Å². The van der Waals surface area contributed by atoms with E-state index in [2.05, 4.69) is 22.4 Å². The molecule has 0 amide bonds. The van der Waals surface area contributed by atoms with E-state index in [9.17, 15) is 0 Å². The third-order valence-electron chi connectivity index (χ3n) is 0.885. The van der Waals surface area contributed by atoms with Gasteiger partial charge in [-0.1, -0.05) is 0 Å². The molecule has 52 valence electrons. The Balaban J connectivity index is 0. The van der Waals surface area contributed by atoms with Crippen LogP contribution in [0, 0.1) is 12.4 Å². The summed E-state index contributed by atoms with van der Waals surface area (Å²) in [5, 5.41) is 0. The Labute approximate surface area is 96.5 Å². The van der Waals surface area contributed by atoms with Crippen LogP contribution in [0.2, 0.25) is 0 Å². The van der Waals surface area contributed by atoms with Crippen molar-refractivity contribution in [1.82, 2.24) is 9.97 Å². The van der Waals surface area contributed by atoms with Crippen molar-refractivity contribution in [1.29, 1.82) is 0 Å². The standard InChI is InChI=1S/2C4H4N.2Li/c2*1-2-4-5-3-1;;/h2*1-3,5H;;/q2*-1;2*+1. The van der Waals surface area contributed by atoms with Gasteiger partial charge in [0, 0.05) is 0 Å². The number of aromatic amines is 2. The first kappa shape index (κ1) is 14.3. The van der Waals surface area contributed by atoms with Crippen LogP contribution in [0.1, 0.15) is 0 Å². The zero-order valence-electron chi connectivity index (χ0n) is 7.46. The van der Waals surface area contributed by atoms with Crippen LogP contribution < -0.4 is 37.7 Å². The zero-order valence-corrected chi connectivity index (χ0v) is 7.46. The van der Waals surface area contributed by atoms with Crippen LogP contribution >= 0.6 is 0 Å². The van der Waals surface area contributed by atoms with Gasteiger partial charge in [-0.05, 0) is 0 Å². The van der Waals surface area contributed by atoms with E-state index in [0.717, 1.165) is 0 Å². The minimum absolute atomic E-state index is 0. The molecule has 2 N–H and O–H groups in total. The second-order valence-electron chi connectivity index (χ2n) is 1.63. The molecule has 0 saturated heterocycles. The zero-order chi connectivity index (χ0) is 7.07. The summed E-state index contributed by atoms with van der Waals surface area (Å²) >= 11 is 0. The molecule has 0 fully saturated rings. The minimum atomic E-state index is 0. The molecule has 0 aromatic carbocycles. The van der Waals surface area contributed by atoms with E-state index in [1.165, 1.54) is 0 Å². The van der Waals surface area contributed by atoms with Gasteiger partial charge in [0.1, 0.15) is 0 Å². The molecule has 2 heterocycles. The minimum Gasteiger partial charge on any atom is -0.484 e. The molecule has 0 unspecified atom stereocenters. The van der Waals surface area contributed by atoms with Gasteiger partial charge >= 0.3 is 37.7 Å². The van der Waals surface area contributed by atoms with Crippen molar-refractivity contribution in [3.05, 3.63) is 49.1 Å². The van der Waals surface area contributed by atoms with Gasteiger partial charge in [0.05, 0.1) is 0 Å². The molecular weight excluding hydrogens is 138 g/mol. The molecule has 0 radical (unpaired) electrons. The Bertz CT molecular complexity index is 154. The third-order valence-corrected chi connectivity index (χ3v) is 0.885. The Kier molecular flexibility index (Phi) is 12.8. The average molecular weight is 146 g/mol. The molecule has 4 heteroatoms. The van der Waals surface area contributed by atoms with Gasteiger partial charge in [-0.3, -0.25) is 0 Å². The maximum atomic E-state index is 2.74. The molecule has 2 aromatic heterocycles. The van der Waals surface area contributed by atoms with Crippen molar-refractivity contribution >= 4 is 0 Å². The smallest absolute Gasteiger partial charge is 0.484 e. The summed E-state index contributed by atoms with van der Waals surface area (Å²) < 4.78 is 0.